The lowest BCUT2D eigenvalue weighted by Crippen LogP contribution is -2.57. The van der Waals surface area contributed by atoms with E-state index >= 15 is 0 Å². The van der Waals surface area contributed by atoms with Crippen molar-refractivity contribution in [2.75, 3.05) is 20.1 Å². The minimum Gasteiger partial charge on any atom is -0.404 e. The Hall–Kier alpha value is -2.42. The van der Waals surface area contributed by atoms with E-state index in [0.29, 0.717) is 25.1 Å². The van der Waals surface area contributed by atoms with E-state index in [4.69, 9.17) is 5.73 Å². The molecule has 0 aromatic carbocycles. The highest BCUT2D eigenvalue weighted by Gasteiger charge is 2.53. The van der Waals surface area contributed by atoms with Gasteiger partial charge in [-0.15, -0.1) is 0 Å². The third-order valence-electron chi connectivity index (χ3n) is 5.29. The summed E-state index contributed by atoms with van der Waals surface area (Å²) in [6, 6.07) is 2.02. The summed E-state index contributed by atoms with van der Waals surface area (Å²) in [5.41, 5.74) is 5.04. The van der Waals surface area contributed by atoms with E-state index in [1.165, 1.54) is 12.4 Å². The van der Waals surface area contributed by atoms with Crippen LogP contribution < -0.4 is 5.73 Å². The number of nitrogens with two attached hydrogens (primary N) is 1. The Bertz CT molecular complexity index is 696. The number of aliphatic imine (C=N–C) groups is 1. The number of piperidine rings is 1. The summed E-state index contributed by atoms with van der Waals surface area (Å²) in [5, 5.41) is 9.31. The topological polar surface area (TPSA) is 99.5 Å². The van der Waals surface area contributed by atoms with Gasteiger partial charge < -0.3 is 10.6 Å². The molecule has 2 rings (SSSR count). The number of carbonyl (C=O) groups is 2. The Balaban J connectivity index is 2.38. The van der Waals surface area contributed by atoms with Crippen LogP contribution in [0.4, 0.5) is 0 Å². The first-order chi connectivity index (χ1) is 11.2. The van der Waals surface area contributed by atoms with Gasteiger partial charge in [0, 0.05) is 43.4 Å². The molecule has 0 aromatic rings. The molecule has 6 heteroatoms. The number of allylic oxidation sites excluding steroid dienone is 1. The number of Topliss-reactive ketones (excluding diaryl/α,β-unsaturated/α-hetero) is 1. The second kappa shape index (κ2) is 6.23. The van der Waals surface area contributed by atoms with Crippen LogP contribution in [0.3, 0.4) is 0 Å². The Morgan fingerprint density at radius 1 is 1.50 bits per heavy atom. The van der Waals surface area contributed by atoms with Gasteiger partial charge in [-0.25, -0.2) is 0 Å². The molecule has 2 N–H and O–H groups in total. The van der Waals surface area contributed by atoms with E-state index in [2.05, 4.69) is 4.99 Å². The number of amides is 1. The summed E-state index contributed by atoms with van der Waals surface area (Å²) >= 11 is 0. The molecule has 0 aromatic heterocycles. The number of nitriles is 1. The first kappa shape index (κ1) is 17.9. The van der Waals surface area contributed by atoms with Crippen LogP contribution in [0.1, 0.15) is 27.2 Å². The van der Waals surface area contributed by atoms with Crippen molar-refractivity contribution in [2.45, 2.75) is 27.2 Å². The zero-order valence-electron chi connectivity index (χ0n) is 14.7. The van der Waals surface area contributed by atoms with Crippen molar-refractivity contribution >= 4 is 17.9 Å². The SMILES string of the molecule is CN=CC(=CN)C(=O)N1CCC2C(C)(C=C(C#N)C(=O)C2(C)C)C1. The third kappa shape index (κ3) is 2.75. The van der Waals surface area contributed by atoms with Crippen molar-refractivity contribution in [2.24, 2.45) is 27.5 Å². The molecule has 128 valence electrons. The number of likely N-dealkylation sites (tertiary alicyclic amines) is 1. The van der Waals surface area contributed by atoms with Crippen LogP contribution in [0, 0.1) is 28.1 Å². The van der Waals surface area contributed by atoms with E-state index < -0.39 is 10.8 Å². The normalized spacial score (nSPS) is 29.9. The predicted molar refractivity (Wildman–Crippen MR) is 92.0 cm³/mol. The van der Waals surface area contributed by atoms with Gasteiger partial charge in [0.15, 0.2) is 5.78 Å². The second-order valence-electron chi connectivity index (χ2n) is 7.30. The van der Waals surface area contributed by atoms with Crippen molar-refractivity contribution in [1.29, 1.82) is 5.26 Å². The highest BCUT2D eigenvalue weighted by Crippen LogP contribution is 2.52. The van der Waals surface area contributed by atoms with Gasteiger partial charge in [0.1, 0.15) is 6.07 Å². The number of hydrogen-bond donors (Lipinski definition) is 1. The lowest BCUT2D eigenvalue weighted by molar-refractivity contribution is -0.138. The quantitative estimate of drug-likeness (QED) is 0.612. The molecule has 6 nitrogen and oxygen atoms in total. The predicted octanol–water partition coefficient (Wildman–Crippen LogP) is 1.44. The molecule has 0 saturated carbocycles. The van der Waals surface area contributed by atoms with Gasteiger partial charge in [-0.1, -0.05) is 26.8 Å². The molecule has 1 aliphatic heterocycles. The molecule has 1 fully saturated rings. The highest BCUT2D eigenvalue weighted by molar-refractivity contribution is 6.12. The molecule has 0 bridgehead atoms. The largest absolute Gasteiger partial charge is 0.404 e. The fourth-order valence-electron chi connectivity index (χ4n) is 4.19. The zero-order valence-corrected chi connectivity index (χ0v) is 14.7. The minimum absolute atomic E-state index is 0.0869. The molecule has 1 amide bonds. The van der Waals surface area contributed by atoms with Crippen molar-refractivity contribution in [1.82, 2.24) is 4.90 Å². The van der Waals surface area contributed by atoms with Gasteiger partial charge in [-0.05, 0) is 12.3 Å². The van der Waals surface area contributed by atoms with Gasteiger partial charge in [0.25, 0.3) is 5.91 Å². The molecule has 2 atom stereocenters. The first-order valence-electron chi connectivity index (χ1n) is 8.02. The average molecular weight is 328 g/mol. The molecule has 2 unspecified atom stereocenters. The fraction of sp³-hybridized carbons (Fsp3) is 0.556. The van der Waals surface area contributed by atoms with Crippen LogP contribution in [0.15, 0.2) is 28.4 Å². The van der Waals surface area contributed by atoms with Crippen molar-refractivity contribution in [3.05, 3.63) is 23.4 Å². The monoisotopic (exact) mass is 328 g/mol. The van der Waals surface area contributed by atoms with E-state index in [9.17, 15) is 14.9 Å². The van der Waals surface area contributed by atoms with Gasteiger partial charge >= 0.3 is 0 Å². The second-order valence-corrected chi connectivity index (χ2v) is 7.30. The summed E-state index contributed by atoms with van der Waals surface area (Å²) < 4.78 is 0. The number of hydrogen-bond acceptors (Lipinski definition) is 5. The number of fused-ring (bicyclic) bond motifs is 1. The van der Waals surface area contributed by atoms with E-state index in [1.54, 1.807) is 18.0 Å². The molecular weight excluding hydrogens is 304 g/mol. The van der Waals surface area contributed by atoms with Crippen LogP contribution in [0.2, 0.25) is 0 Å². The smallest absolute Gasteiger partial charge is 0.256 e. The van der Waals surface area contributed by atoms with Crippen molar-refractivity contribution in [3.8, 4) is 6.07 Å². The molecule has 0 spiro atoms. The summed E-state index contributed by atoms with van der Waals surface area (Å²) in [5.74, 6) is -0.193. The molecule has 1 heterocycles. The zero-order chi connectivity index (χ0) is 18.1. The Morgan fingerprint density at radius 2 is 2.17 bits per heavy atom. The molecule has 0 radical (unpaired) electrons. The van der Waals surface area contributed by atoms with Gasteiger partial charge in [-0.3, -0.25) is 14.6 Å². The number of nitrogens with zero attached hydrogens (tertiary/aromatic N) is 3. The Morgan fingerprint density at radius 3 is 2.71 bits per heavy atom. The number of ketones is 1. The molecule has 1 saturated heterocycles. The van der Waals surface area contributed by atoms with E-state index in [-0.39, 0.29) is 23.2 Å². The maximum atomic E-state index is 12.6. The van der Waals surface area contributed by atoms with E-state index in [0.717, 1.165) is 0 Å². The molecule has 24 heavy (non-hydrogen) atoms. The fourth-order valence-corrected chi connectivity index (χ4v) is 4.19. The van der Waals surface area contributed by atoms with Gasteiger partial charge in [-0.2, -0.15) is 5.26 Å². The first-order valence-corrected chi connectivity index (χ1v) is 8.02. The van der Waals surface area contributed by atoms with Gasteiger partial charge in [0.2, 0.25) is 0 Å². The van der Waals surface area contributed by atoms with Crippen LogP contribution >= 0.6 is 0 Å². The minimum atomic E-state index is -0.610. The summed E-state index contributed by atoms with van der Waals surface area (Å²) in [4.78, 5) is 30.8. The standard InChI is InChI=1S/C18H24N4O2/c1-17(2)14-5-6-22(16(24)13(9-20)10-21-4)11-18(14,3)7-12(8-19)15(17)23/h7,9-10,14H,5-6,11,20H2,1-4H3. The van der Waals surface area contributed by atoms with Crippen molar-refractivity contribution < 1.29 is 9.59 Å². The maximum absolute atomic E-state index is 12.6. The lowest BCUT2D eigenvalue weighted by Gasteiger charge is -2.52. The van der Waals surface area contributed by atoms with Gasteiger partial charge in [0.05, 0.1) is 11.1 Å². The molecule has 2 aliphatic rings. The van der Waals surface area contributed by atoms with Crippen LogP contribution in [-0.4, -0.2) is 42.9 Å². The summed E-state index contributed by atoms with van der Waals surface area (Å²) in [6.07, 6.45) is 5.16. The number of carbonyl (C=O) groups excluding carboxylic acids is 2. The summed E-state index contributed by atoms with van der Waals surface area (Å²) in [7, 11) is 1.58. The van der Waals surface area contributed by atoms with Crippen LogP contribution in [0.25, 0.3) is 0 Å². The Labute approximate surface area is 142 Å². The highest BCUT2D eigenvalue weighted by atomic mass is 16.2. The molecular formula is C18H24N4O2. The Kier molecular flexibility index (Phi) is 4.66. The third-order valence-corrected chi connectivity index (χ3v) is 5.29. The lowest BCUT2D eigenvalue weighted by atomic mass is 9.55. The molecule has 1 aliphatic carbocycles. The van der Waals surface area contributed by atoms with Crippen LogP contribution in [0.5, 0.6) is 0 Å². The maximum Gasteiger partial charge on any atom is 0.256 e. The number of rotatable bonds is 2. The van der Waals surface area contributed by atoms with Crippen LogP contribution in [-0.2, 0) is 9.59 Å². The van der Waals surface area contributed by atoms with E-state index in [1.807, 2.05) is 26.8 Å². The van der Waals surface area contributed by atoms with Crippen molar-refractivity contribution in [3.63, 3.8) is 0 Å². The summed E-state index contributed by atoms with van der Waals surface area (Å²) in [6.45, 7) is 6.82. The average Bonchev–Trinajstić information content (AvgIpc) is 2.55.